The van der Waals surface area contributed by atoms with Crippen molar-refractivity contribution in [2.24, 2.45) is 24.8 Å². The van der Waals surface area contributed by atoms with Gasteiger partial charge in [0.05, 0.1) is 12.1 Å². The number of ketones is 1. The molecule has 4 nitrogen and oxygen atoms in total. The molecule has 2 fully saturated rings. The van der Waals surface area contributed by atoms with E-state index in [9.17, 15) is 4.79 Å². The number of rotatable bonds is 3. The van der Waals surface area contributed by atoms with E-state index >= 15 is 0 Å². The third-order valence-corrected chi connectivity index (χ3v) is 5.00. The molecule has 2 saturated carbocycles. The van der Waals surface area contributed by atoms with E-state index in [0.717, 1.165) is 30.4 Å². The molecule has 3 atom stereocenters. The summed E-state index contributed by atoms with van der Waals surface area (Å²) in [4.78, 5) is 12.4. The Balaban J connectivity index is 1.58. The highest BCUT2D eigenvalue weighted by Crippen LogP contribution is 2.43. The average Bonchev–Trinajstić information content (AvgIpc) is 2.83. The SMILES string of the molecule is Cn1cc(CC(=O)C2CCC3CCCCC3C2)nn1. The summed E-state index contributed by atoms with van der Waals surface area (Å²) >= 11 is 0. The van der Waals surface area contributed by atoms with Gasteiger partial charge >= 0.3 is 0 Å². The van der Waals surface area contributed by atoms with E-state index in [2.05, 4.69) is 10.3 Å². The summed E-state index contributed by atoms with van der Waals surface area (Å²) in [6.07, 6.45) is 11.3. The lowest BCUT2D eigenvalue weighted by atomic mass is 9.66. The molecule has 0 bridgehead atoms. The molecule has 0 amide bonds. The summed E-state index contributed by atoms with van der Waals surface area (Å²) < 4.78 is 1.67. The van der Waals surface area contributed by atoms with Crippen molar-refractivity contribution in [2.45, 2.75) is 51.4 Å². The van der Waals surface area contributed by atoms with Crippen molar-refractivity contribution in [1.29, 1.82) is 0 Å². The highest BCUT2D eigenvalue weighted by molar-refractivity contribution is 5.82. The molecule has 19 heavy (non-hydrogen) atoms. The number of carbonyl (C=O) groups excluding carboxylic acids is 1. The second-order valence-electron chi connectivity index (χ2n) is 6.34. The number of Topliss-reactive ketones (excluding diaryl/α,β-unsaturated/α-hetero) is 1. The highest BCUT2D eigenvalue weighted by atomic mass is 16.1. The second kappa shape index (κ2) is 5.43. The largest absolute Gasteiger partial charge is 0.299 e. The van der Waals surface area contributed by atoms with E-state index in [1.807, 2.05) is 13.2 Å². The predicted molar refractivity (Wildman–Crippen MR) is 72.5 cm³/mol. The third kappa shape index (κ3) is 2.88. The zero-order valence-electron chi connectivity index (χ0n) is 11.7. The molecule has 0 N–H and O–H groups in total. The maximum Gasteiger partial charge on any atom is 0.142 e. The van der Waals surface area contributed by atoms with Crippen LogP contribution < -0.4 is 0 Å². The number of fused-ring (bicyclic) bond motifs is 1. The number of hydrogen-bond donors (Lipinski definition) is 0. The molecule has 3 rings (SSSR count). The van der Waals surface area contributed by atoms with Gasteiger partial charge in [0, 0.05) is 19.2 Å². The fraction of sp³-hybridized carbons (Fsp3) is 0.800. The fourth-order valence-electron chi connectivity index (χ4n) is 3.96. The Morgan fingerprint density at radius 1 is 1.26 bits per heavy atom. The number of aryl methyl sites for hydroxylation is 1. The minimum atomic E-state index is 0.279. The van der Waals surface area contributed by atoms with Gasteiger partial charge in [0.1, 0.15) is 5.78 Å². The maximum atomic E-state index is 12.4. The Hall–Kier alpha value is -1.19. The summed E-state index contributed by atoms with van der Waals surface area (Å²) in [5, 5.41) is 7.92. The molecule has 0 aliphatic heterocycles. The van der Waals surface area contributed by atoms with E-state index < -0.39 is 0 Å². The number of nitrogens with zero attached hydrogens (tertiary/aromatic N) is 3. The Morgan fingerprint density at radius 3 is 2.79 bits per heavy atom. The Bertz CT molecular complexity index is 454. The quantitative estimate of drug-likeness (QED) is 0.840. The molecule has 0 spiro atoms. The van der Waals surface area contributed by atoms with Crippen LogP contribution in [0.5, 0.6) is 0 Å². The van der Waals surface area contributed by atoms with E-state index in [0.29, 0.717) is 12.2 Å². The molecule has 1 heterocycles. The highest BCUT2D eigenvalue weighted by Gasteiger charge is 2.34. The van der Waals surface area contributed by atoms with Gasteiger partial charge in [-0.05, 0) is 31.1 Å². The molecule has 1 aromatic heterocycles. The fourth-order valence-corrected chi connectivity index (χ4v) is 3.96. The van der Waals surface area contributed by atoms with Crippen molar-refractivity contribution in [3.05, 3.63) is 11.9 Å². The van der Waals surface area contributed by atoms with Crippen LogP contribution in [-0.2, 0) is 18.3 Å². The van der Waals surface area contributed by atoms with E-state index in [4.69, 9.17) is 0 Å². The first-order chi connectivity index (χ1) is 9.22. The average molecular weight is 261 g/mol. The minimum Gasteiger partial charge on any atom is -0.299 e. The predicted octanol–water partition coefficient (Wildman–Crippen LogP) is 2.53. The monoisotopic (exact) mass is 261 g/mol. The van der Waals surface area contributed by atoms with Gasteiger partial charge in [-0.3, -0.25) is 9.48 Å². The number of hydrogen-bond acceptors (Lipinski definition) is 3. The molecule has 0 radical (unpaired) electrons. The normalized spacial score (nSPS) is 30.9. The summed E-state index contributed by atoms with van der Waals surface area (Å²) in [5.74, 6) is 2.39. The molecular formula is C15H23N3O. The van der Waals surface area contributed by atoms with Crippen LogP contribution in [0.25, 0.3) is 0 Å². The van der Waals surface area contributed by atoms with Crippen LogP contribution in [-0.4, -0.2) is 20.8 Å². The van der Waals surface area contributed by atoms with Crippen LogP contribution in [0.2, 0.25) is 0 Å². The van der Waals surface area contributed by atoms with Crippen molar-refractivity contribution in [2.75, 3.05) is 0 Å². The maximum absolute atomic E-state index is 12.4. The van der Waals surface area contributed by atoms with Crippen LogP contribution >= 0.6 is 0 Å². The standard InChI is InChI=1S/C15H23N3O/c1-18-10-14(16-17-18)9-15(19)13-7-6-11-4-2-3-5-12(11)8-13/h10-13H,2-9H2,1H3. The zero-order valence-corrected chi connectivity index (χ0v) is 11.7. The van der Waals surface area contributed by atoms with Crippen molar-refractivity contribution in [3.8, 4) is 0 Å². The van der Waals surface area contributed by atoms with Crippen LogP contribution in [0.15, 0.2) is 6.20 Å². The summed E-state index contributed by atoms with van der Waals surface area (Å²) in [5.41, 5.74) is 0.818. The minimum absolute atomic E-state index is 0.279. The van der Waals surface area contributed by atoms with E-state index in [1.165, 1.54) is 32.1 Å². The van der Waals surface area contributed by atoms with Gasteiger partial charge in [0.25, 0.3) is 0 Å². The van der Waals surface area contributed by atoms with E-state index in [-0.39, 0.29) is 5.92 Å². The zero-order chi connectivity index (χ0) is 13.2. The number of carbonyl (C=O) groups is 1. The van der Waals surface area contributed by atoms with Crippen LogP contribution in [0.3, 0.4) is 0 Å². The summed E-state index contributed by atoms with van der Waals surface area (Å²) in [6, 6.07) is 0. The van der Waals surface area contributed by atoms with Crippen LogP contribution in [0.1, 0.15) is 50.6 Å². The van der Waals surface area contributed by atoms with Gasteiger partial charge in [0.2, 0.25) is 0 Å². The van der Waals surface area contributed by atoms with Gasteiger partial charge < -0.3 is 0 Å². The molecule has 2 aliphatic rings. The second-order valence-corrected chi connectivity index (χ2v) is 6.34. The number of aromatic nitrogens is 3. The lowest BCUT2D eigenvalue weighted by Crippen LogP contribution is -2.31. The third-order valence-electron chi connectivity index (χ3n) is 5.00. The van der Waals surface area contributed by atoms with Crippen molar-refractivity contribution in [1.82, 2.24) is 15.0 Å². The first kappa shape index (κ1) is 12.8. The van der Waals surface area contributed by atoms with Gasteiger partial charge in [-0.1, -0.05) is 30.9 Å². The Labute approximate surface area is 114 Å². The molecule has 4 heteroatoms. The Kier molecular flexibility index (Phi) is 3.67. The first-order valence-corrected chi connectivity index (χ1v) is 7.60. The molecule has 3 unspecified atom stereocenters. The molecule has 104 valence electrons. The topological polar surface area (TPSA) is 47.8 Å². The van der Waals surface area contributed by atoms with Crippen LogP contribution in [0, 0.1) is 17.8 Å². The lowest BCUT2D eigenvalue weighted by Gasteiger charge is -2.38. The smallest absolute Gasteiger partial charge is 0.142 e. The Morgan fingerprint density at radius 2 is 2.05 bits per heavy atom. The summed E-state index contributed by atoms with van der Waals surface area (Å²) in [7, 11) is 1.84. The van der Waals surface area contributed by atoms with Gasteiger partial charge in [-0.2, -0.15) is 0 Å². The van der Waals surface area contributed by atoms with Gasteiger partial charge in [-0.25, -0.2) is 0 Å². The molecule has 0 aromatic carbocycles. The van der Waals surface area contributed by atoms with Gasteiger partial charge in [-0.15, -0.1) is 5.10 Å². The molecular weight excluding hydrogens is 238 g/mol. The van der Waals surface area contributed by atoms with Crippen molar-refractivity contribution < 1.29 is 4.79 Å². The van der Waals surface area contributed by atoms with Crippen molar-refractivity contribution in [3.63, 3.8) is 0 Å². The summed E-state index contributed by atoms with van der Waals surface area (Å²) in [6.45, 7) is 0. The van der Waals surface area contributed by atoms with E-state index in [1.54, 1.807) is 4.68 Å². The van der Waals surface area contributed by atoms with Gasteiger partial charge in [0.15, 0.2) is 0 Å². The lowest BCUT2D eigenvalue weighted by molar-refractivity contribution is -0.124. The molecule has 0 saturated heterocycles. The molecule has 2 aliphatic carbocycles. The van der Waals surface area contributed by atoms with Crippen molar-refractivity contribution >= 4 is 5.78 Å². The first-order valence-electron chi connectivity index (χ1n) is 7.60. The molecule has 1 aromatic rings. The van der Waals surface area contributed by atoms with Crippen LogP contribution in [0.4, 0.5) is 0 Å².